The normalized spacial score (nSPS) is 12.9. The second-order valence-electron chi connectivity index (χ2n) is 1.97. The minimum atomic E-state index is -1.96. The lowest BCUT2D eigenvalue weighted by Crippen LogP contribution is -1.91. The van der Waals surface area contributed by atoms with E-state index in [0.717, 1.165) is 0 Å². The van der Waals surface area contributed by atoms with E-state index >= 15 is 0 Å². The monoisotopic (exact) mass is 235 g/mol. The molecule has 1 atom stereocenters. The zero-order chi connectivity index (χ0) is 8.43. The van der Waals surface area contributed by atoms with E-state index in [0.29, 0.717) is 15.1 Å². The van der Waals surface area contributed by atoms with Gasteiger partial charge in [0.15, 0.2) is 11.1 Å². The van der Waals surface area contributed by atoms with Crippen molar-refractivity contribution in [2.24, 2.45) is 0 Å². The maximum Gasteiger partial charge on any atom is 0.186 e. The molecular formula is C6H6BrNO2S. The van der Waals surface area contributed by atoms with Gasteiger partial charge in [0.2, 0.25) is 0 Å². The number of anilines is 1. The van der Waals surface area contributed by atoms with Crippen LogP contribution in [0, 0.1) is 0 Å². The molecule has 1 rings (SSSR count). The number of halogens is 1. The predicted molar refractivity (Wildman–Crippen MR) is 47.6 cm³/mol. The molecule has 0 bridgehead atoms. The molecule has 0 aliphatic carbocycles. The molecule has 1 aromatic rings. The molecule has 0 saturated heterocycles. The number of rotatable bonds is 1. The fourth-order valence-electron chi connectivity index (χ4n) is 0.685. The summed E-state index contributed by atoms with van der Waals surface area (Å²) in [4.78, 5) is 0.303. The Labute approximate surface area is 75.0 Å². The van der Waals surface area contributed by atoms with Crippen molar-refractivity contribution in [1.29, 1.82) is 0 Å². The summed E-state index contributed by atoms with van der Waals surface area (Å²) in [7, 11) is 0. The van der Waals surface area contributed by atoms with Crippen LogP contribution in [0.5, 0.6) is 0 Å². The van der Waals surface area contributed by atoms with Gasteiger partial charge in [0, 0.05) is 10.2 Å². The van der Waals surface area contributed by atoms with Gasteiger partial charge in [-0.05, 0) is 18.2 Å². The summed E-state index contributed by atoms with van der Waals surface area (Å²) in [6, 6.07) is 4.67. The van der Waals surface area contributed by atoms with Gasteiger partial charge >= 0.3 is 0 Å². The van der Waals surface area contributed by atoms with Crippen LogP contribution in [-0.4, -0.2) is 8.76 Å². The van der Waals surface area contributed by atoms with Crippen LogP contribution in [-0.2, 0) is 11.1 Å². The molecule has 5 heteroatoms. The largest absolute Gasteiger partial charge is 0.399 e. The van der Waals surface area contributed by atoms with E-state index in [1.807, 2.05) is 0 Å². The molecular weight excluding hydrogens is 230 g/mol. The predicted octanol–water partition coefficient (Wildman–Crippen LogP) is 1.61. The second-order valence-corrected chi connectivity index (χ2v) is 3.85. The highest BCUT2D eigenvalue weighted by Crippen LogP contribution is 2.18. The van der Waals surface area contributed by atoms with Crippen LogP contribution >= 0.6 is 15.9 Å². The maximum atomic E-state index is 10.5. The standard InChI is InChI=1S/C6H6BrNO2S/c7-4-1-5(8)3-6(2-4)11(9)10/h1-3H,8H2,(H,9,10). The lowest BCUT2D eigenvalue weighted by atomic mass is 10.3. The molecule has 3 nitrogen and oxygen atoms in total. The van der Waals surface area contributed by atoms with E-state index in [1.54, 1.807) is 12.1 Å². The van der Waals surface area contributed by atoms with Gasteiger partial charge in [-0.1, -0.05) is 15.9 Å². The van der Waals surface area contributed by atoms with Crippen LogP contribution in [0.3, 0.4) is 0 Å². The Morgan fingerprint density at radius 2 is 2.09 bits per heavy atom. The van der Waals surface area contributed by atoms with Crippen molar-refractivity contribution in [2.75, 3.05) is 5.73 Å². The number of nitrogens with two attached hydrogens (primary N) is 1. The number of benzene rings is 1. The van der Waals surface area contributed by atoms with Crippen molar-refractivity contribution in [3.05, 3.63) is 22.7 Å². The van der Waals surface area contributed by atoms with Gasteiger partial charge < -0.3 is 10.3 Å². The Morgan fingerprint density at radius 1 is 1.45 bits per heavy atom. The lowest BCUT2D eigenvalue weighted by molar-refractivity contribution is 0.564. The van der Waals surface area contributed by atoms with E-state index in [4.69, 9.17) is 10.3 Å². The van der Waals surface area contributed by atoms with E-state index in [9.17, 15) is 4.21 Å². The summed E-state index contributed by atoms with van der Waals surface area (Å²) in [6.45, 7) is 0. The van der Waals surface area contributed by atoms with Gasteiger partial charge in [0.05, 0.1) is 4.90 Å². The molecule has 11 heavy (non-hydrogen) atoms. The Balaban J connectivity index is 3.19. The Hall–Kier alpha value is -0.390. The zero-order valence-electron chi connectivity index (χ0n) is 5.45. The van der Waals surface area contributed by atoms with E-state index in [2.05, 4.69) is 15.9 Å². The minimum Gasteiger partial charge on any atom is -0.399 e. The van der Waals surface area contributed by atoms with E-state index < -0.39 is 11.1 Å². The summed E-state index contributed by atoms with van der Waals surface area (Å²) in [6.07, 6.45) is 0. The second kappa shape index (κ2) is 3.34. The zero-order valence-corrected chi connectivity index (χ0v) is 7.85. The maximum absolute atomic E-state index is 10.5. The average Bonchev–Trinajstić information content (AvgIpc) is 1.85. The van der Waals surface area contributed by atoms with Crippen molar-refractivity contribution < 1.29 is 8.76 Å². The van der Waals surface area contributed by atoms with Crippen LogP contribution in [0.25, 0.3) is 0 Å². The SMILES string of the molecule is Nc1cc(Br)cc(S(=O)O)c1. The lowest BCUT2D eigenvalue weighted by Gasteiger charge is -1.98. The smallest absolute Gasteiger partial charge is 0.186 e. The van der Waals surface area contributed by atoms with E-state index in [-0.39, 0.29) is 0 Å². The summed E-state index contributed by atoms with van der Waals surface area (Å²) >= 11 is 1.20. The molecule has 0 fully saturated rings. The molecule has 0 aromatic heterocycles. The third-order valence-electron chi connectivity index (χ3n) is 1.10. The number of nitrogen functional groups attached to an aromatic ring is 1. The van der Waals surface area contributed by atoms with Gasteiger partial charge in [-0.25, -0.2) is 4.21 Å². The van der Waals surface area contributed by atoms with Gasteiger partial charge in [0.25, 0.3) is 0 Å². The van der Waals surface area contributed by atoms with Crippen molar-refractivity contribution in [2.45, 2.75) is 4.90 Å². The van der Waals surface area contributed by atoms with Gasteiger partial charge in [-0.3, -0.25) is 0 Å². The molecule has 0 aliphatic rings. The van der Waals surface area contributed by atoms with E-state index in [1.165, 1.54) is 6.07 Å². The highest BCUT2D eigenvalue weighted by Gasteiger charge is 2.01. The van der Waals surface area contributed by atoms with Gasteiger partial charge in [-0.15, -0.1) is 0 Å². The molecule has 1 aromatic carbocycles. The summed E-state index contributed by atoms with van der Waals surface area (Å²) in [5.74, 6) is 0. The van der Waals surface area contributed by atoms with Crippen molar-refractivity contribution in [3.63, 3.8) is 0 Å². The fraction of sp³-hybridized carbons (Fsp3) is 0. The number of hydrogen-bond donors (Lipinski definition) is 2. The topological polar surface area (TPSA) is 63.3 Å². The number of hydrogen-bond acceptors (Lipinski definition) is 2. The molecule has 0 radical (unpaired) electrons. The summed E-state index contributed by atoms with van der Waals surface area (Å²) in [5.41, 5.74) is 5.89. The summed E-state index contributed by atoms with van der Waals surface area (Å²) < 4.78 is 19.9. The molecule has 0 spiro atoms. The molecule has 0 heterocycles. The van der Waals surface area contributed by atoms with Crippen LogP contribution in [0.1, 0.15) is 0 Å². The molecule has 0 amide bonds. The first-order chi connectivity index (χ1) is 5.09. The van der Waals surface area contributed by atoms with Crippen molar-refractivity contribution in [1.82, 2.24) is 0 Å². The van der Waals surface area contributed by atoms with Crippen LogP contribution in [0.2, 0.25) is 0 Å². The minimum absolute atomic E-state index is 0.303. The van der Waals surface area contributed by atoms with Crippen molar-refractivity contribution >= 4 is 32.7 Å². The molecule has 1 unspecified atom stereocenters. The molecule has 60 valence electrons. The highest BCUT2D eigenvalue weighted by atomic mass is 79.9. The first kappa shape index (κ1) is 8.70. The first-order valence-electron chi connectivity index (χ1n) is 2.76. The quantitative estimate of drug-likeness (QED) is 0.575. The van der Waals surface area contributed by atoms with Crippen molar-refractivity contribution in [3.8, 4) is 0 Å². The van der Waals surface area contributed by atoms with Crippen LogP contribution in [0.4, 0.5) is 5.69 Å². The molecule has 0 saturated carbocycles. The summed E-state index contributed by atoms with van der Waals surface area (Å²) in [5, 5.41) is 0. The highest BCUT2D eigenvalue weighted by molar-refractivity contribution is 9.10. The van der Waals surface area contributed by atoms with Gasteiger partial charge in [0.1, 0.15) is 0 Å². The third-order valence-corrected chi connectivity index (χ3v) is 2.19. The Bertz CT molecular complexity index is 282. The van der Waals surface area contributed by atoms with Crippen LogP contribution in [0.15, 0.2) is 27.6 Å². The van der Waals surface area contributed by atoms with Gasteiger partial charge in [-0.2, -0.15) is 0 Å². The Kier molecular flexibility index (Phi) is 2.64. The average molecular weight is 236 g/mol. The Morgan fingerprint density at radius 3 is 2.55 bits per heavy atom. The fourth-order valence-corrected chi connectivity index (χ4v) is 1.81. The third kappa shape index (κ3) is 2.28. The first-order valence-corrected chi connectivity index (χ1v) is 4.66. The van der Waals surface area contributed by atoms with Crippen LogP contribution < -0.4 is 5.73 Å². The molecule has 3 N–H and O–H groups in total. The molecule has 0 aliphatic heterocycles.